The van der Waals surface area contributed by atoms with Gasteiger partial charge >= 0.3 is 0 Å². The van der Waals surface area contributed by atoms with Crippen LogP contribution in [0.1, 0.15) is 26.7 Å². The van der Waals surface area contributed by atoms with E-state index in [2.05, 4.69) is 9.80 Å². The molecule has 0 spiro atoms. The van der Waals surface area contributed by atoms with E-state index in [-0.39, 0.29) is 18.4 Å². The number of pyridine rings is 1. The smallest absolute Gasteiger partial charge is 0.252 e. The summed E-state index contributed by atoms with van der Waals surface area (Å²) in [7, 11) is 0. The monoisotopic (exact) mass is 517 g/mol. The number of anilines is 1. The van der Waals surface area contributed by atoms with Crippen LogP contribution in [-0.4, -0.2) is 54.9 Å². The molecule has 0 bridgehead atoms. The maximum absolute atomic E-state index is 12.4. The first kappa shape index (κ1) is 25.8. The van der Waals surface area contributed by atoms with Gasteiger partial charge in [-0.2, -0.15) is 0 Å². The molecule has 1 fully saturated rings. The Kier molecular flexibility index (Phi) is 8.95. The molecule has 1 aliphatic rings. The molecule has 1 aliphatic heterocycles. The normalized spacial score (nSPS) is 14.7. The van der Waals surface area contributed by atoms with Crippen molar-refractivity contribution < 1.29 is 9.47 Å². The second-order valence-corrected chi connectivity index (χ2v) is 9.91. The molecule has 0 radical (unpaired) electrons. The van der Waals surface area contributed by atoms with Gasteiger partial charge in [0.15, 0.2) is 0 Å². The van der Waals surface area contributed by atoms with Crippen LogP contribution in [0.25, 0.3) is 10.9 Å². The van der Waals surface area contributed by atoms with Gasteiger partial charge in [0, 0.05) is 38.3 Å². The Labute approximate surface area is 216 Å². The average molecular weight is 518 g/mol. The van der Waals surface area contributed by atoms with Gasteiger partial charge in [-0.1, -0.05) is 29.3 Å². The van der Waals surface area contributed by atoms with Crippen LogP contribution in [0, 0.1) is 0 Å². The lowest BCUT2D eigenvalue weighted by Crippen LogP contribution is -2.46. The summed E-state index contributed by atoms with van der Waals surface area (Å²) in [5, 5.41) is 2.23. The Morgan fingerprint density at radius 1 is 0.971 bits per heavy atom. The van der Waals surface area contributed by atoms with Crippen LogP contribution in [0.5, 0.6) is 5.75 Å². The van der Waals surface area contributed by atoms with Crippen molar-refractivity contribution in [1.82, 2.24) is 9.47 Å². The molecule has 0 atom stereocenters. The average Bonchev–Trinajstić information content (AvgIpc) is 2.85. The molecule has 0 N–H and O–H groups in total. The number of nitrogens with zero attached hydrogens (tertiary/aromatic N) is 3. The third-order valence-electron chi connectivity index (χ3n) is 6.28. The molecular formula is C27H33Cl2N3O3. The fourth-order valence-corrected chi connectivity index (χ4v) is 4.71. The molecule has 188 valence electrons. The lowest BCUT2D eigenvalue weighted by atomic mass is 10.2. The summed E-state index contributed by atoms with van der Waals surface area (Å²) < 4.78 is 13.3. The van der Waals surface area contributed by atoms with Gasteiger partial charge in [0.05, 0.1) is 34.0 Å². The summed E-state index contributed by atoms with van der Waals surface area (Å²) in [6.07, 6.45) is 2.09. The second kappa shape index (κ2) is 12.1. The first-order chi connectivity index (χ1) is 16.9. The van der Waals surface area contributed by atoms with Gasteiger partial charge in [-0.05, 0) is 69.0 Å². The van der Waals surface area contributed by atoms with Crippen LogP contribution in [0.4, 0.5) is 5.69 Å². The van der Waals surface area contributed by atoms with E-state index in [1.807, 2.05) is 56.3 Å². The zero-order valence-corrected chi connectivity index (χ0v) is 21.9. The van der Waals surface area contributed by atoms with Crippen molar-refractivity contribution in [1.29, 1.82) is 0 Å². The maximum Gasteiger partial charge on any atom is 0.252 e. The zero-order chi connectivity index (χ0) is 24.8. The van der Waals surface area contributed by atoms with Crippen molar-refractivity contribution >= 4 is 39.8 Å². The highest BCUT2D eigenvalue weighted by Gasteiger charge is 2.19. The molecular weight excluding hydrogens is 485 g/mol. The topological polar surface area (TPSA) is 46.9 Å². The number of benzene rings is 2. The first-order valence-corrected chi connectivity index (χ1v) is 13.0. The maximum atomic E-state index is 12.4. The highest BCUT2D eigenvalue weighted by Crippen LogP contribution is 2.32. The number of aromatic nitrogens is 1. The number of unbranched alkanes of at least 4 members (excludes halogenated alkanes) is 1. The fourth-order valence-electron chi connectivity index (χ4n) is 4.29. The van der Waals surface area contributed by atoms with Gasteiger partial charge in [0.25, 0.3) is 5.56 Å². The lowest BCUT2D eigenvalue weighted by molar-refractivity contribution is 0.0292. The van der Waals surface area contributed by atoms with E-state index in [0.29, 0.717) is 16.7 Å². The minimum absolute atomic E-state index is 0.0502. The first-order valence-electron chi connectivity index (χ1n) is 12.2. The summed E-state index contributed by atoms with van der Waals surface area (Å²) in [5.41, 5.74) is 1.77. The highest BCUT2D eigenvalue weighted by molar-refractivity contribution is 6.43. The standard InChI is InChI=1S/C27H33Cl2N3O3/c1-20(2)35-19-32-25-18-22(10-8-21(25)9-11-26(32)33)34-17-4-3-12-30-13-15-31(16-14-30)24-7-5-6-23(28)27(24)29/h5-11,18,20H,3-4,12-17,19H2,1-2H3. The third-order valence-corrected chi connectivity index (χ3v) is 7.09. The van der Waals surface area contributed by atoms with E-state index in [4.69, 9.17) is 32.7 Å². The SMILES string of the molecule is CC(C)OCn1c(=O)ccc2ccc(OCCCCN3CCN(c4cccc(Cl)c4Cl)CC3)cc21. The van der Waals surface area contributed by atoms with Crippen LogP contribution in [0.15, 0.2) is 53.3 Å². The van der Waals surface area contributed by atoms with Gasteiger partial charge in [-0.25, -0.2) is 0 Å². The van der Waals surface area contributed by atoms with Gasteiger partial charge in [0.1, 0.15) is 12.5 Å². The van der Waals surface area contributed by atoms with E-state index in [0.717, 1.165) is 67.9 Å². The summed E-state index contributed by atoms with van der Waals surface area (Å²) in [5.74, 6) is 0.772. The van der Waals surface area contributed by atoms with Crippen LogP contribution in [0.3, 0.4) is 0 Å². The Morgan fingerprint density at radius 3 is 2.51 bits per heavy atom. The zero-order valence-electron chi connectivity index (χ0n) is 20.4. The molecule has 4 rings (SSSR count). The molecule has 0 amide bonds. The molecule has 8 heteroatoms. The number of hydrogen-bond acceptors (Lipinski definition) is 5. The number of halogens is 2. The largest absolute Gasteiger partial charge is 0.494 e. The second-order valence-electron chi connectivity index (χ2n) is 9.12. The van der Waals surface area contributed by atoms with Crippen LogP contribution < -0.4 is 15.2 Å². The van der Waals surface area contributed by atoms with Crippen LogP contribution in [-0.2, 0) is 11.5 Å². The van der Waals surface area contributed by atoms with E-state index >= 15 is 0 Å². The van der Waals surface area contributed by atoms with Crippen LogP contribution >= 0.6 is 23.2 Å². The molecule has 0 saturated carbocycles. The Bertz CT molecular complexity index is 1190. The van der Waals surface area contributed by atoms with Crippen molar-refractivity contribution in [2.45, 2.75) is 39.5 Å². The van der Waals surface area contributed by atoms with E-state index < -0.39 is 0 Å². The Morgan fingerprint density at radius 2 is 1.74 bits per heavy atom. The molecule has 2 heterocycles. The molecule has 1 saturated heterocycles. The Hall–Kier alpha value is -2.25. The van der Waals surface area contributed by atoms with Crippen molar-refractivity contribution in [2.24, 2.45) is 0 Å². The minimum atomic E-state index is -0.0759. The number of rotatable bonds is 10. The van der Waals surface area contributed by atoms with E-state index in [9.17, 15) is 4.79 Å². The molecule has 1 aromatic heterocycles. The predicted molar refractivity (Wildman–Crippen MR) is 144 cm³/mol. The summed E-state index contributed by atoms with van der Waals surface area (Å²) in [6, 6.07) is 15.1. The number of hydrogen-bond donors (Lipinski definition) is 0. The third kappa shape index (κ3) is 6.70. The Balaban J connectivity index is 1.23. The lowest BCUT2D eigenvalue weighted by Gasteiger charge is -2.36. The van der Waals surface area contributed by atoms with Crippen LogP contribution in [0.2, 0.25) is 10.0 Å². The van der Waals surface area contributed by atoms with Crippen molar-refractivity contribution in [3.63, 3.8) is 0 Å². The minimum Gasteiger partial charge on any atom is -0.494 e. The molecule has 35 heavy (non-hydrogen) atoms. The molecule has 6 nitrogen and oxygen atoms in total. The number of fused-ring (bicyclic) bond motifs is 1. The molecule has 3 aromatic rings. The quantitative estimate of drug-likeness (QED) is 0.324. The van der Waals surface area contributed by atoms with Gasteiger partial charge in [0.2, 0.25) is 0 Å². The molecule has 0 aliphatic carbocycles. The van der Waals surface area contributed by atoms with Crippen molar-refractivity contribution in [3.05, 3.63) is 68.9 Å². The summed E-state index contributed by atoms with van der Waals surface area (Å²) >= 11 is 12.6. The number of piperazine rings is 1. The molecule has 0 unspecified atom stereocenters. The molecule has 2 aromatic carbocycles. The van der Waals surface area contributed by atoms with Gasteiger partial charge in [-0.15, -0.1) is 0 Å². The summed E-state index contributed by atoms with van der Waals surface area (Å²) in [6.45, 7) is 9.72. The van der Waals surface area contributed by atoms with E-state index in [1.54, 1.807) is 10.6 Å². The van der Waals surface area contributed by atoms with Crippen molar-refractivity contribution in [2.75, 3.05) is 44.2 Å². The van der Waals surface area contributed by atoms with E-state index in [1.165, 1.54) is 0 Å². The summed E-state index contributed by atoms with van der Waals surface area (Å²) in [4.78, 5) is 17.2. The highest BCUT2D eigenvalue weighted by atomic mass is 35.5. The fraction of sp³-hybridized carbons (Fsp3) is 0.444. The number of ether oxygens (including phenoxy) is 2. The van der Waals surface area contributed by atoms with Gasteiger partial charge in [-0.3, -0.25) is 14.3 Å². The van der Waals surface area contributed by atoms with Gasteiger partial charge < -0.3 is 14.4 Å². The van der Waals surface area contributed by atoms with Crippen molar-refractivity contribution in [3.8, 4) is 5.75 Å². The predicted octanol–water partition coefficient (Wildman–Crippen LogP) is 5.67.